The summed E-state index contributed by atoms with van der Waals surface area (Å²) in [7, 11) is 0. The lowest BCUT2D eigenvalue weighted by Gasteiger charge is -1.99. The van der Waals surface area contributed by atoms with Crippen LogP contribution in [0.3, 0.4) is 0 Å². The molecule has 0 spiro atoms. The van der Waals surface area contributed by atoms with Crippen molar-refractivity contribution in [2.24, 2.45) is 0 Å². The van der Waals surface area contributed by atoms with E-state index in [1.54, 1.807) is 11.3 Å². The van der Waals surface area contributed by atoms with E-state index in [0.29, 0.717) is 0 Å². The Labute approximate surface area is 107 Å². The van der Waals surface area contributed by atoms with E-state index in [-0.39, 0.29) is 0 Å². The monoisotopic (exact) mass is 246 g/mol. The quantitative estimate of drug-likeness (QED) is 0.892. The Bertz CT molecular complexity index is 485. The summed E-state index contributed by atoms with van der Waals surface area (Å²) in [5.74, 6) is 0. The topological polar surface area (TPSA) is 24.9 Å². The summed E-state index contributed by atoms with van der Waals surface area (Å²) in [6, 6.07) is 8.57. The van der Waals surface area contributed by atoms with E-state index in [2.05, 4.69) is 50.4 Å². The second-order valence-electron chi connectivity index (χ2n) is 4.16. The summed E-state index contributed by atoms with van der Waals surface area (Å²) in [6.45, 7) is 8.21. The summed E-state index contributed by atoms with van der Waals surface area (Å²) in [5, 5.41) is 4.48. The molecule has 2 rings (SSSR count). The van der Waals surface area contributed by atoms with Gasteiger partial charge in [0.05, 0.1) is 5.69 Å². The largest absolute Gasteiger partial charge is 0.311 e. The average molecular weight is 246 g/mol. The predicted octanol–water partition coefficient (Wildman–Crippen LogP) is 3.54. The number of nitrogens with zero attached hydrogens (tertiary/aromatic N) is 1. The molecule has 0 saturated carbocycles. The third kappa shape index (κ3) is 2.93. The second kappa shape index (κ2) is 5.43. The first kappa shape index (κ1) is 12.3. The van der Waals surface area contributed by atoms with Gasteiger partial charge in [0, 0.05) is 17.0 Å². The number of nitrogens with one attached hydrogen (secondary N) is 1. The summed E-state index contributed by atoms with van der Waals surface area (Å²) in [4.78, 5) is 6.00. The highest BCUT2D eigenvalue weighted by Gasteiger charge is 2.08. The molecule has 0 bridgehead atoms. The number of aromatic nitrogens is 1. The number of hydrogen-bond acceptors (Lipinski definition) is 3. The van der Waals surface area contributed by atoms with Crippen molar-refractivity contribution >= 4 is 11.3 Å². The number of hydrogen-bond donors (Lipinski definition) is 1. The van der Waals surface area contributed by atoms with Crippen molar-refractivity contribution in [3.05, 3.63) is 39.7 Å². The molecule has 2 nitrogen and oxygen atoms in total. The SMILES string of the molecule is CCNCc1nc(-c2ccc(C)cc2)c(C)s1. The van der Waals surface area contributed by atoms with Gasteiger partial charge in [-0.15, -0.1) is 11.3 Å². The van der Waals surface area contributed by atoms with Gasteiger partial charge in [0.1, 0.15) is 5.01 Å². The molecule has 0 unspecified atom stereocenters. The maximum atomic E-state index is 4.70. The summed E-state index contributed by atoms with van der Waals surface area (Å²) in [6.07, 6.45) is 0. The second-order valence-corrected chi connectivity index (χ2v) is 5.45. The fraction of sp³-hybridized carbons (Fsp3) is 0.357. The number of thiazole rings is 1. The Morgan fingerprint density at radius 1 is 1.18 bits per heavy atom. The lowest BCUT2D eigenvalue weighted by Crippen LogP contribution is -2.11. The van der Waals surface area contributed by atoms with Crippen LogP contribution in [0.15, 0.2) is 24.3 Å². The van der Waals surface area contributed by atoms with E-state index in [4.69, 9.17) is 4.98 Å². The average Bonchev–Trinajstić information content (AvgIpc) is 2.69. The normalized spacial score (nSPS) is 10.8. The predicted molar refractivity (Wildman–Crippen MR) is 74.4 cm³/mol. The van der Waals surface area contributed by atoms with E-state index in [0.717, 1.165) is 18.8 Å². The van der Waals surface area contributed by atoms with Crippen LogP contribution in [-0.2, 0) is 6.54 Å². The minimum absolute atomic E-state index is 0.869. The minimum Gasteiger partial charge on any atom is -0.311 e. The fourth-order valence-corrected chi connectivity index (χ4v) is 2.66. The smallest absolute Gasteiger partial charge is 0.107 e. The molecule has 0 fully saturated rings. The van der Waals surface area contributed by atoms with Crippen molar-refractivity contribution in [2.75, 3.05) is 6.54 Å². The van der Waals surface area contributed by atoms with Crippen LogP contribution in [0, 0.1) is 13.8 Å². The molecule has 1 aromatic carbocycles. The zero-order chi connectivity index (χ0) is 12.3. The Kier molecular flexibility index (Phi) is 3.92. The molecule has 1 heterocycles. The molecule has 0 aliphatic carbocycles. The van der Waals surface area contributed by atoms with Gasteiger partial charge in [-0.25, -0.2) is 4.98 Å². The number of rotatable bonds is 4. The lowest BCUT2D eigenvalue weighted by atomic mass is 10.1. The first-order valence-corrected chi connectivity index (χ1v) is 6.76. The summed E-state index contributed by atoms with van der Waals surface area (Å²) >= 11 is 1.78. The highest BCUT2D eigenvalue weighted by molar-refractivity contribution is 7.12. The van der Waals surface area contributed by atoms with Crippen LogP contribution in [0.25, 0.3) is 11.3 Å². The molecule has 0 aliphatic heterocycles. The van der Waals surface area contributed by atoms with Crippen molar-refractivity contribution in [2.45, 2.75) is 27.3 Å². The standard InChI is InChI=1S/C14H18N2S/c1-4-15-9-13-16-14(11(3)17-13)12-7-5-10(2)6-8-12/h5-8,15H,4,9H2,1-3H3. The Morgan fingerprint density at radius 3 is 2.53 bits per heavy atom. The van der Waals surface area contributed by atoms with Gasteiger partial charge in [-0.05, 0) is 20.4 Å². The Balaban J connectivity index is 2.26. The van der Waals surface area contributed by atoms with Crippen LogP contribution >= 0.6 is 11.3 Å². The van der Waals surface area contributed by atoms with Crippen LogP contribution < -0.4 is 5.32 Å². The van der Waals surface area contributed by atoms with E-state index in [9.17, 15) is 0 Å². The number of benzene rings is 1. The summed E-state index contributed by atoms with van der Waals surface area (Å²) < 4.78 is 0. The van der Waals surface area contributed by atoms with Crippen molar-refractivity contribution in [1.82, 2.24) is 10.3 Å². The van der Waals surface area contributed by atoms with Gasteiger partial charge in [-0.3, -0.25) is 0 Å². The van der Waals surface area contributed by atoms with Gasteiger partial charge in [0.15, 0.2) is 0 Å². The van der Waals surface area contributed by atoms with Crippen molar-refractivity contribution in [1.29, 1.82) is 0 Å². The minimum atomic E-state index is 0.869. The van der Waals surface area contributed by atoms with Crippen molar-refractivity contribution < 1.29 is 0 Å². The van der Waals surface area contributed by atoms with E-state index in [1.807, 2.05) is 0 Å². The maximum absolute atomic E-state index is 4.70. The molecule has 90 valence electrons. The first-order valence-electron chi connectivity index (χ1n) is 5.94. The molecule has 0 aliphatic rings. The molecule has 0 amide bonds. The maximum Gasteiger partial charge on any atom is 0.107 e. The van der Waals surface area contributed by atoms with Gasteiger partial charge >= 0.3 is 0 Å². The van der Waals surface area contributed by atoms with Gasteiger partial charge in [0.25, 0.3) is 0 Å². The molecular formula is C14H18N2S. The highest BCUT2D eigenvalue weighted by atomic mass is 32.1. The Hall–Kier alpha value is -1.19. The van der Waals surface area contributed by atoms with Gasteiger partial charge in [-0.2, -0.15) is 0 Å². The molecule has 1 aromatic heterocycles. The zero-order valence-electron chi connectivity index (χ0n) is 10.6. The van der Waals surface area contributed by atoms with E-state index in [1.165, 1.54) is 21.0 Å². The molecule has 2 aromatic rings. The van der Waals surface area contributed by atoms with E-state index >= 15 is 0 Å². The summed E-state index contributed by atoms with van der Waals surface area (Å²) in [5.41, 5.74) is 3.63. The molecule has 0 atom stereocenters. The van der Waals surface area contributed by atoms with Gasteiger partial charge < -0.3 is 5.32 Å². The fourth-order valence-electron chi connectivity index (χ4n) is 1.74. The van der Waals surface area contributed by atoms with Crippen molar-refractivity contribution in [3.63, 3.8) is 0 Å². The zero-order valence-corrected chi connectivity index (χ0v) is 11.4. The molecule has 3 heteroatoms. The molecule has 0 saturated heterocycles. The highest BCUT2D eigenvalue weighted by Crippen LogP contribution is 2.27. The first-order chi connectivity index (χ1) is 8.20. The van der Waals surface area contributed by atoms with Crippen LogP contribution in [0.5, 0.6) is 0 Å². The van der Waals surface area contributed by atoms with E-state index < -0.39 is 0 Å². The molecule has 0 radical (unpaired) electrons. The Morgan fingerprint density at radius 2 is 1.88 bits per heavy atom. The van der Waals surface area contributed by atoms with Crippen LogP contribution in [-0.4, -0.2) is 11.5 Å². The van der Waals surface area contributed by atoms with Crippen LogP contribution in [0.2, 0.25) is 0 Å². The molecular weight excluding hydrogens is 228 g/mol. The molecule has 17 heavy (non-hydrogen) atoms. The van der Waals surface area contributed by atoms with Crippen molar-refractivity contribution in [3.8, 4) is 11.3 Å². The van der Waals surface area contributed by atoms with Gasteiger partial charge in [-0.1, -0.05) is 36.8 Å². The molecule has 1 N–H and O–H groups in total. The van der Waals surface area contributed by atoms with Crippen LogP contribution in [0.1, 0.15) is 22.4 Å². The number of aryl methyl sites for hydroxylation is 2. The lowest BCUT2D eigenvalue weighted by molar-refractivity contribution is 0.723. The third-order valence-electron chi connectivity index (χ3n) is 2.69. The van der Waals surface area contributed by atoms with Crippen LogP contribution in [0.4, 0.5) is 0 Å². The van der Waals surface area contributed by atoms with Gasteiger partial charge in [0.2, 0.25) is 0 Å². The third-order valence-corrected chi connectivity index (χ3v) is 3.66.